The quantitative estimate of drug-likeness (QED) is 0.571. The number of carbonyl (C=O) groups excluding carboxylic acids is 2. The SMILES string of the molecule is O=C1CN(C(=O)c2cccc([N+](=O)[O-])c2O)CCN1. The Morgan fingerprint density at radius 1 is 1.47 bits per heavy atom. The highest BCUT2D eigenvalue weighted by atomic mass is 16.6. The number of carbonyl (C=O) groups is 2. The summed E-state index contributed by atoms with van der Waals surface area (Å²) in [6.07, 6.45) is 0. The van der Waals surface area contributed by atoms with Crippen molar-refractivity contribution in [2.75, 3.05) is 19.6 Å². The number of para-hydroxylation sites is 1. The van der Waals surface area contributed by atoms with Crippen LogP contribution in [0, 0.1) is 10.1 Å². The predicted molar refractivity (Wildman–Crippen MR) is 63.7 cm³/mol. The van der Waals surface area contributed by atoms with E-state index in [9.17, 15) is 24.8 Å². The standard InChI is InChI=1S/C11H11N3O5/c15-9-6-13(5-4-12-9)11(17)7-2-1-3-8(10(7)16)14(18)19/h1-3,16H,4-6H2,(H,12,15). The number of nitrogens with zero attached hydrogens (tertiary/aromatic N) is 2. The molecule has 1 heterocycles. The molecule has 1 aromatic rings. The number of phenolic OH excluding ortho intramolecular Hbond substituents is 1. The van der Waals surface area contributed by atoms with Crippen LogP contribution in [-0.2, 0) is 4.79 Å². The van der Waals surface area contributed by atoms with Crippen molar-refractivity contribution >= 4 is 17.5 Å². The molecule has 19 heavy (non-hydrogen) atoms. The van der Waals surface area contributed by atoms with Crippen molar-refractivity contribution in [3.05, 3.63) is 33.9 Å². The van der Waals surface area contributed by atoms with E-state index in [4.69, 9.17) is 0 Å². The molecule has 8 nitrogen and oxygen atoms in total. The molecule has 0 atom stereocenters. The van der Waals surface area contributed by atoms with Crippen LogP contribution in [0.5, 0.6) is 5.75 Å². The van der Waals surface area contributed by atoms with Gasteiger partial charge in [-0.25, -0.2) is 0 Å². The number of aromatic hydroxyl groups is 1. The molecule has 0 unspecified atom stereocenters. The molecule has 2 amide bonds. The largest absolute Gasteiger partial charge is 0.502 e. The topological polar surface area (TPSA) is 113 Å². The number of nitro benzene ring substituents is 1. The van der Waals surface area contributed by atoms with Crippen molar-refractivity contribution in [3.63, 3.8) is 0 Å². The van der Waals surface area contributed by atoms with Gasteiger partial charge < -0.3 is 15.3 Å². The van der Waals surface area contributed by atoms with E-state index >= 15 is 0 Å². The van der Waals surface area contributed by atoms with Crippen LogP contribution in [0.2, 0.25) is 0 Å². The zero-order valence-corrected chi connectivity index (χ0v) is 9.83. The Morgan fingerprint density at radius 3 is 2.84 bits per heavy atom. The van der Waals surface area contributed by atoms with Gasteiger partial charge in [-0.15, -0.1) is 0 Å². The highest BCUT2D eigenvalue weighted by Crippen LogP contribution is 2.30. The third-order valence-corrected chi connectivity index (χ3v) is 2.77. The minimum absolute atomic E-state index is 0.124. The molecule has 0 aliphatic carbocycles. The van der Waals surface area contributed by atoms with E-state index in [2.05, 4.69) is 5.32 Å². The average molecular weight is 265 g/mol. The second-order valence-corrected chi connectivity index (χ2v) is 4.01. The van der Waals surface area contributed by atoms with Crippen LogP contribution in [0.15, 0.2) is 18.2 Å². The third-order valence-electron chi connectivity index (χ3n) is 2.77. The summed E-state index contributed by atoms with van der Waals surface area (Å²) in [5, 5.41) is 23.0. The number of hydrogen-bond acceptors (Lipinski definition) is 5. The molecule has 100 valence electrons. The van der Waals surface area contributed by atoms with Gasteiger partial charge in [0.25, 0.3) is 5.91 Å². The van der Waals surface area contributed by atoms with Gasteiger partial charge in [0.1, 0.15) is 0 Å². The Morgan fingerprint density at radius 2 is 2.21 bits per heavy atom. The summed E-state index contributed by atoms with van der Waals surface area (Å²) >= 11 is 0. The number of piperazine rings is 1. The first-order chi connectivity index (χ1) is 9.00. The summed E-state index contributed by atoms with van der Waals surface area (Å²) < 4.78 is 0. The fourth-order valence-electron chi connectivity index (χ4n) is 1.83. The number of nitro groups is 1. The Hall–Kier alpha value is -2.64. The molecule has 0 radical (unpaired) electrons. The van der Waals surface area contributed by atoms with Crippen LogP contribution < -0.4 is 5.32 Å². The molecule has 2 rings (SSSR count). The highest BCUT2D eigenvalue weighted by Gasteiger charge is 2.27. The second kappa shape index (κ2) is 4.92. The predicted octanol–water partition coefficient (Wildman–Crippen LogP) is -0.128. The first kappa shape index (κ1) is 12.8. The average Bonchev–Trinajstić information content (AvgIpc) is 2.38. The zero-order valence-electron chi connectivity index (χ0n) is 9.83. The van der Waals surface area contributed by atoms with E-state index in [0.29, 0.717) is 13.1 Å². The van der Waals surface area contributed by atoms with E-state index in [1.807, 2.05) is 0 Å². The minimum atomic E-state index is -0.769. The van der Waals surface area contributed by atoms with Gasteiger partial charge in [0.2, 0.25) is 11.7 Å². The summed E-state index contributed by atoms with van der Waals surface area (Å²) in [6, 6.07) is 3.71. The maximum atomic E-state index is 12.1. The lowest BCUT2D eigenvalue weighted by Crippen LogP contribution is -2.49. The molecular weight excluding hydrogens is 254 g/mol. The maximum absolute atomic E-state index is 12.1. The summed E-state index contributed by atoms with van der Waals surface area (Å²) in [6.45, 7) is 0.494. The molecular formula is C11H11N3O5. The molecule has 1 fully saturated rings. The van der Waals surface area contributed by atoms with Crippen molar-refractivity contribution in [2.24, 2.45) is 0 Å². The molecule has 0 saturated carbocycles. The number of hydrogen-bond donors (Lipinski definition) is 2. The monoisotopic (exact) mass is 265 g/mol. The van der Waals surface area contributed by atoms with Crippen LogP contribution >= 0.6 is 0 Å². The van der Waals surface area contributed by atoms with Crippen LogP contribution in [0.3, 0.4) is 0 Å². The van der Waals surface area contributed by atoms with Crippen molar-refractivity contribution < 1.29 is 19.6 Å². The molecule has 1 aliphatic rings. The summed E-state index contributed by atoms with van der Waals surface area (Å²) in [7, 11) is 0. The lowest BCUT2D eigenvalue weighted by atomic mass is 10.1. The van der Waals surface area contributed by atoms with Crippen molar-refractivity contribution in [3.8, 4) is 5.75 Å². The lowest BCUT2D eigenvalue weighted by Gasteiger charge is -2.26. The molecule has 0 bridgehead atoms. The van der Waals surface area contributed by atoms with Gasteiger partial charge in [0.05, 0.1) is 17.0 Å². The Balaban J connectivity index is 2.31. The molecule has 8 heteroatoms. The fraction of sp³-hybridized carbons (Fsp3) is 0.273. The van der Waals surface area contributed by atoms with Crippen LogP contribution in [0.25, 0.3) is 0 Å². The summed E-state index contributed by atoms with van der Waals surface area (Å²) in [4.78, 5) is 34.4. The molecule has 0 aromatic heterocycles. The van der Waals surface area contributed by atoms with E-state index in [-0.39, 0.29) is 18.0 Å². The van der Waals surface area contributed by atoms with Gasteiger partial charge in [-0.1, -0.05) is 6.07 Å². The molecule has 2 N–H and O–H groups in total. The van der Waals surface area contributed by atoms with E-state index in [1.54, 1.807) is 0 Å². The fourth-order valence-corrected chi connectivity index (χ4v) is 1.83. The van der Waals surface area contributed by atoms with Gasteiger partial charge in [-0.2, -0.15) is 0 Å². The normalized spacial score (nSPS) is 14.9. The zero-order chi connectivity index (χ0) is 14.0. The number of phenols is 1. The summed E-state index contributed by atoms with van der Waals surface area (Å²) in [5.74, 6) is -1.58. The van der Waals surface area contributed by atoms with Crippen molar-refractivity contribution in [2.45, 2.75) is 0 Å². The number of nitrogens with one attached hydrogen (secondary N) is 1. The third kappa shape index (κ3) is 2.46. The maximum Gasteiger partial charge on any atom is 0.311 e. The van der Waals surface area contributed by atoms with Crippen LogP contribution in [-0.4, -0.2) is 46.4 Å². The first-order valence-corrected chi connectivity index (χ1v) is 5.53. The Bertz CT molecular complexity index is 557. The van der Waals surface area contributed by atoms with Gasteiger partial charge in [0, 0.05) is 19.2 Å². The van der Waals surface area contributed by atoms with Crippen LogP contribution in [0.4, 0.5) is 5.69 Å². The van der Waals surface area contributed by atoms with Gasteiger partial charge >= 0.3 is 5.69 Å². The van der Waals surface area contributed by atoms with Crippen LogP contribution in [0.1, 0.15) is 10.4 Å². The second-order valence-electron chi connectivity index (χ2n) is 4.01. The van der Waals surface area contributed by atoms with E-state index in [0.717, 1.165) is 6.07 Å². The number of benzene rings is 1. The lowest BCUT2D eigenvalue weighted by molar-refractivity contribution is -0.385. The van der Waals surface area contributed by atoms with Gasteiger partial charge in [0.15, 0.2) is 0 Å². The highest BCUT2D eigenvalue weighted by molar-refractivity contribution is 6.00. The number of amides is 2. The molecule has 1 saturated heterocycles. The number of rotatable bonds is 2. The van der Waals surface area contributed by atoms with E-state index in [1.165, 1.54) is 17.0 Å². The van der Waals surface area contributed by atoms with Gasteiger partial charge in [-0.05, 0) is 6.07 Å². The molecule has 1 aliphatic heterocycles. The van der Waals surface area contributed by atoms with E-state index < -0.39 is 22.3 Å². The Kier molecular flexibility index (Phi) is 3.32. The first-order valence-electron chi connectivity index (χ1n) is 5.53. The smallest absolute Gasteiger partial charge is 0.311 e. The Labute approximate surface area is 107 Å². The minimum Gasteiger partial charge on any atom is -0.502 e. The molecule has 0 spiro atoms. The van der Waals surface area contributed by atoms with Crippen molar-refractivity contribution in [1.29, 1.82) is 0 Å². The van der Waals surface area contributed by atoms with Gasteiger partial charge in [-0.3, -0.25) is 19.7 Å². The van der Waals surface area contributed by atoms with Crippen molar-refractivity contribution in [1.82, 2.24) is 10.2 Å². The molecule has 1 aromatic carbocycles. The summed E-state index contributed by atoms with van der Waals surface area (Å²) in [5.41, 5.74) is -0.712.